The average Bonchev–Trinajstić information content (AvgIpc) is 2.48. The van der Waals surface area contributed by atoms with E-state index in [0.29, 0.717) is 31.9 Å². The first-order valence-electron chi connectivity index (χ1n) is 6.87. The minimum Gasteiger partial charge on any atom is -0.478 e. The van der Waals surface area contributed by atoms with E-state index in [0.717, 1.165) is 0 Å². The van der Waals surface area contributed by atoms with Crippen molar-refractivity contribution in [2.75, 3.05) is 31.5 Å². The highest BCUT2D eigenvalue weighted by atomic mass is 16.4. The molecular formula is C14H18N4O4. The third-order valence-corrected chi connectivity index (χ3v) is 3.41. The lowest BCUT2D eigenvalue weighted by molar-refractivity contribution is -0.132. The number of carbonyl (C=O) groups is 3. The second-order valence-corrected chi connectivity index (χ2v) is 4.97. The number of rotatable bonds is 5. The summed E-state index contributed by atoms with van der Waals surface area (Å²) in [6.07, 6.45) is 0. The molecule has 1 saturated heterocycles. The molecule has 22 heavy (non-hydrogen) atoms. The van der Waals surface area contributed by atoms with Gasteiger partial charge in [0.15, 0.2) is 6.04 Å². The maximum Gasteiger partial charge on any atom is 0.335 e. The Balaban J connectivity index is 2.12. The molecule has 1 atom stereocenters. The Morgan fingerprint density at radius 2 is 1.95 bits per heavy atom. The summed E-state index contributed by atoms with van der Waals surface area (Å²) in [5.74, 6) is -2.38. The van der Waals surface area contributed by atoms with Crippen molar-refractivity contribution in [1.82, 2.24) is 10.2 Å². The zero-order valence-electron chi connectivity index (χ0n) is 11.9. The van der Waals surface area contributed by atoms with E-state index >= 15 is 0 Å². The van der Waals surface area contributed by atoms with Gasteiger partial charge in [-0.2, -0.15) is 0 Å². The second-order valence-electron chi connectivity index (χ2n) is 4.97. The minimum atomic E-state index is -1.09. The van der Waals surface area contributed by atoms with Gasteiger partial charge in [0, 0.05) is 31.9 Å². The van der Waals surface area contributed by atoms with Gasteiger partial charge in [0.05, 0.1) is 5.56 Å². The quantitative estimate of drug-likeness (QED) is 0.522. The number of nitrogens with one attached hydrogen (secondary N) is 2. The molecule has 0 aliphatic carbocycles. The van der Waals surface area contributed by atoms with E-state index in [-0.39, 0.29) is 5.56 Å². The van der Waals surface area contributed by atoms with Crippen molar-refractivity contribution < 1.29 is 19.5 Å². The van der Waals surface area contributed by atoms with Gasteiger partial charge in [0.1, 0.15) is 0 Å². The molecule has 0 spiro atoms. The summed E-state index contributed by atoms with van der Waals surface area (Å²) < 4.78 is 0. The third-order valence-electron chi connectivity index (χ3n) is 3.41. The number of amides is 2. The summed E-state index contributed by atoms with van der Waals surface area (Å²) in [6, 6.07) is 4.75. The van der Waals surface area contributed by atoms with E-state index in [1.807, 2.05) is 0 Å². The smallest absolute Gasteiger partial charge is 0.335 e. The summed E-state index contributed by atoms with van der Waals surface area (Å²) in [7, 11) is 0. The Bertz CT molecular complexity index is 584. The van der Waals surface area contributed by atoms with E-state index < -0.39 is 23.8 Å². The highest BCUT2D eigenvalue weighted by Gasteiger charge is 2.32. The molecule has 2 amide bonds. The lowest BCUT2D eigenvalue weighted by atomic mass is 10.1. The molecule has 1 heterocycles. The SMILES string of the molecule is NC(=O)C(C(=O)Nc1cccc(C(=O)O)c1)N1CCNCC1. The van der Waals surface area contributed by atoms with Crippen LogP contribution in [-0.2, 0) is 9.59 Å². The number of primary amides is 1. The van der Waals surface area contributed by atoms with E-state index in [4.69, 9.17) is 10.8 Å². The maximum atomic E-state index is 12.3. The highest BCUT2D eigenvalue weighted by Crippen LogP contribution is 2.12. The first kappa shape index (κ1) is 15.9. The van der Waals surface area contributed by atoms with Crippen LogP contribution in [0, 0.1) is 0 Å². The largest absolute Gasteiger partial charge is 0.478 e. The Labute approximate surface area is 127 Å². The van der Waals surface area contributed by atoms with Crippen molar-refractivity contribution in [2.24, 2.45) is 5.73 Å². The fourth-order valence-electron chi connectivity index (χ4n) is 2.36. The van der Waals surface area contributed by atoms with Crippen molar-refractivity contribution in [3.63, 3.8) is 0 Å². The number of piperazine rings is 1. The van der Waals surface area contributed by atoms with Gasteiger partial charge in [-0.1, -0.05) is 6.07 Å². The normalized spacial score (nSPS) is 16.7. The molecule has 118 valence electrons. The number of hydrogen-bond donors (Lipinski definition) is 4. The van der Waals surface area contributed by atoms with Crippen molar-refractivity contribution >= 4 is 23.5 Å². The minimum absolute atomic E-state index is 0.0515. The van der Waals surface area contributed by atoms with Crippen LogP contribution in [0.15, 0.2) is 24.3 Å². The van der Waals surface area contributed by atoms with E-state index in [1.54, 1.807) is 11.0 Å². The molecular weight excluding hydrogens is 288 g/mol. The van der Waals surface area contributed by atoms with Crippen molar-refractivity contribution in [2.45, 2.75) is 6.04 Å². The molecule has 1 fully saturated rings. The molecule has 1 unspecified atom stereocenters. The summed E-state index contributed by atoms with van der Waals surface area (Å²) >= 11 is 0. The number of hydrogen-bond acceptors (Lipinski definition) is 5. The number of carbonyl (C=O) groups excluding carboxylic acids is 2. The first-order chi connectivity index (χ1) is 10.5. The fourth-order valence-corrected chi connectivity index (χ4v) is 2.36. The summed E-state index contributed by atoms with van der Waals surface area (Å²) in [6.45, 7) is 2.42. The molecule has 1 aliphatic heterocycles. The van der Waals surface area contributed by atoms with Crippen molar-refractivity contribution in [3.8, 4) is 0 Å². The topological polar surface area (TPSA) is 125 Å². The van der Waals surface area contributed by atoms with Gasteiger partial charge in [-0.3, -0.25) is 14.5 Å². The predicted molar refractivity (Wildman–Crippen MR) is 79.5 cm³/mol. The molecule has 5 N–H and O–H groups in total. The van der Waals surface area contributed by atoms with Gasteiger partial charge in [0.2, 0.25) is 5.91 Å². The number of nitrogens with two attached hydrogens (primary N) is 1. The van der Waals surface area contributed by atoms with E-state index in [2.05, 4.69) is 10.6 Å². The molecule has 8 nitrogen and oxygen atoms in total. The zero-order valence-corrected chi connectivity index (χ0v) is 11.9. The van der Waals surface area contributed by atoms with Crippen LogP contribution < -0.4 is 16.4 Å². The molecule has 8 heteroatoms. The highest BCUT2D eigenvalue weighted by molar-refractivity contribution is 6.09. The predicted octanol–water partition coefficient (Wildman–Crippen LogP) is -0.918. The van der Waals surface area contributed by atoms with Gasteiger partial charge in [-0.15, -0.1) is 0 Å². The average molecular weight is 306 g/mol. The number of carboxylic acids is 1. The molecule has 1 aromatic carbocycles. The number of benzene rings is 1. The van der Waals surface area contributed by atoms with Crippen molar-refractivity contribution in [1.29, 1.82) is 0 Å². The second kappa shape index (κ2) is 7.01. The maximum absolute atomic E-state index is 12.3. The molecule has 2 rings (SSSR count). The van der Waals surface area contributed by atoms with Gasteiger partial charge >= 0.3 is 5.97 Å². The van der Waals surface area contributed by atoms with Crippen LogP contribution in [0.25, 0.3) is 0 Å². The molecule has 0 aromatic heterocycles. The van der Waals surface area contributed by atoms with Crippen LogP contribution in [0.1, 0.15) is 10.4 Å². The molecule has 0 radical (unpaired) electrons. The monoisotopic (exact) mass is 306 g/mol. The van der Waals surface area contributed by atoms with Crippen molar-refractivity contribution in [3.05, 3.63) is 29.8 Å². The van der Waals surface area contributed by atoms with Crippen LogP contribution in [0.3, 0.4) is 0 Å². The zero-order chi connectivity index (χ0) is 16.1. The lowest BCUT2D eigenvalue weighted by Crippen LogP contribution is -2.57. The van der Waals surface area contributed by atoms with Gasteiger partial charge in [-0.25, -0.2) is 4.79 Å². The van der Waals surface area contributed by atoms with E-state index in [1.165, 1.54) is 18.2 Å². The first-order valence-corrected chi connectivity index (χ1v) is 6.87. The van der Waals surface area contributed by atoms with Crippen LogP contribution >= 0.6 is 0 Å². The lowest BCUT2D eigenvalue weighted by Gasteiger charge is -2.32. The number of anilines is 1. The molecule has 1 aromatic rings. The Kier molecular flexibility index (Phi) is 5.08. The van der Waals surface area contributed by atoms with Gasteiger partial charge in [0.25, 0.3) is 5.91 Å². The molecule has 0 bridgehead atoms. The summed E-state index contributed by atoms with van der Waals surface area (Å²) in [4.78, 5) is 36.6. The van der Waals surface area contributed by atoms with E-state index in [9.17, 15) is 14.4 Å². The van der Waals surface area contributed by atoms with Gasteiger partial charge < -0.3 is 21.5 Å². The number of nitrogens with zero attached hydrogens (tertiary/aromatic N) is 1. The van der Waals surface area contributed by atoms with Crippen LogP contribution in [0.4, 0.5) is 5.69 Å². The summed E-state index contributed by atoms with van der Waals surface area (Å²) in [5, 5.41) is 14.6. The summed E-state index contributed by atoms with van der Waals surface area (Å²) in [5.41, 5.74) is 5.71. The van der Waals surface area contributed by atoms with Crippen LogP contribution in [-0.4, -0.2) is 60.0 Å². The Hall–Kier alpha value is -2.45. The Morgan fingerprint density at radius 1 is 1.27 bits per heavy atom. The van der Waals surface area contributed by atoms with Crippen LogP contribution in [0.5, 0.6) is 0 Å². The molecule has 0 saturated carbocycles. The van der Waals surface area contributed by atoms with Crippen LogP contribution in [0.2, 0.25) is 0 Å². The fraction of sp³-hybridized carbons (Fsp3) is 0.357. The standard InChI is InChI=1S/C14H18N4O4/c15-12(19)11(18-6-4-16-5-7-18)13(20)17-10-3-1-2-9(8-10)14(21)22/h1-3,8,11,16H,4-7H2,(H2,15,19)(H,17,20)(H,21,22). The van der Waals surface area contributed by atoms with Gasteiger partial charge in [-0.05, 0) is 18.2 Å². The number of aromatic carboxylic acids is 1. The Morgan fingerprint density at radius 3 is 2.55 bits per heavy atom. The third kappa shape index (κ3) is 3.80. The molecule has 1 aliphatic rings. The number of carboxylic acid groups (broad SMARTS) is 1.